The van der Waals surface area contributed by atoms with E-state index in [-0.39, 0.29) is 5.91 Å². The van der Waals surface area contributed by atoms with Crippen LogP contribution in [0, 0.1) is 6.92 Å². The Morgan fingerprint density at radius 3 is 2.90 bits per heavy atom. The first kappa shape index (κ1) is 13.3. The highest BCUT2D eigenvalue weighted by Gasteiger charge is 2.08. The fourth-order valence-electron chi connectivity index (χ4n) is 2.12. The van der Waals surface area contributed by atoms with Gasteiger partial charge in [-0.1, -0.05) is 29.4 Å². The van der Waals surface area contributed by atoms with E-state index in [0.29, 0.717) is 18.7 Å². The van der Waals surface area contributed by atoms with Gasteiger partial charge in [-0.25, -0.2) is 4.98 Å². The maximum atomic E-state index is 12.1. The van der Waals surface area contributed by atoms with Crippen molar-refractivity contribution in [3.05, 3.63) is 59.6 Å². The SMILES string of the molecule is Cc1cc(CCNC(=O)c2ccc3ccccc3n2)on1. The van der Waals surface area contributed by atoms with Crippen molar-refractivity contribution in [2.24, 2.45) is 0 Å². The summed E-state index contributed by atoms with van der Waals surface area (Å²) in [4.78, 5) is 16.4. The Kier molecular flexibility index (Phi) is 3.64. The van der Waals surface area contributed by atoms with Gasteiger partial charge < -0.3 is 9.84 Å². The first-order valence-electron chi connectivity index (χ1n) is 6.78. The predicted molar refractivity (Wildman–Crippen MR) is 79.0 cm³/mol. The van der Waals surface area contributed by atoms with E-state index in [9.17, 15) is 4.79 Å². The largest absolute Gasteiger partial charge is 0.361 e. The zero-order chi connectivity index (χ0) is 14.7. The molecule has 0 bridgehead atoms. The van der Waals surface area contributed by atoms with Crippen molar-refractivity contribution < 1.29 is 9.32 Å². The zero-order valence-electron chi connectivity index (χ0n) is 11.7. The van der Waals surface area contributed by atoms with Gasteiger partial charge in [-0.3, -0.25) is 4.79 Å². The Labute approximate surface area is 122 Å². The molecule has 0 aliphatic rings. The maximum absolute atomic E-state index is 12.1. The first-order valence-corrected chi connectivity index (χ1v) is 6.78. The number of hydrogen-bond acceptors (Lipinski definition) is 4. The fraction of sp³-hybridized carbons (Fsp3) is 0.188. The van der Waals surface area contributed by atoms with Crippen LogP contribution in [0.5, 0.6) is 0 Å². The number of nitrogens with zero attached hydrogens (tertiary/aromatic N) is 2. The summed E-state index contributed by atoms with van der Waals surface area (Å²) in [5.74, 6) is 0.580. The van der Waals surface area contributed by atoms with Crippen LogP contribution in [0.3, 0.4) is 0 Å². The second-order valence-corrected chi connectivity index (χ2v) is 4.83. The monoisotopic (exact) mass is 281 g/mol. The Hall–Kier alpha value is -2.69. The van der Waals surface area contributed by atoms with Gasteiger partial charge in [0, 0.05) is 24.4 Å². The standard InChI is InChI=1S/C16H15N3O2/c1-11-10-13(21-19-11)8-9-17-16(20)15-7-6-12-4-2-3-5-14(12)18-15/h2-7,10H,8-9H2,1H3,(H,17,20). The Balaban J connectivity index is 1.63. The highest BCUT2D eigenvalue weighted by Crippen LogP contribution is 2.11. The van der Waals surface area contributed by atoms with Gasteiger partial charge in [0.1, 0.15) is 11.5 Å². The summed E-state index contributed by atoms with van der Waals surface area (Å²) < 4.78 is 5.09. The van der Waals surface area contributed by atoms with Gasteiger partial charge >= 0.3 is 0 Å². The molecule has 2 heterocycles. The first-order chi connectivity index (χ1) is 10.2. The molecule has 0 unspecified atom stereocenters. The molecule has 21 heavy (non-hydrogen) atoms. The van der Waals surface area contributed by atoms with E-state index in [2.05, 4.69) is 15.5 Å². The van der Waals surface area contributed by atoms with E-state index in [1.165, 1.54) is 0 Å². The van der Waals surface area contributed by atoms with Crippen LogP contribution in [0.25, 0.3) is 10.9 Å². The summed E-state index contributed by atoms with van der Waals surface area (Å²) >= 11 is 0. The zero-order valence-corrected chi connectivity index (χ0v) is 11.7. The van der Waals surface area contributed by atoms with E-state index in [4.69, 9.17) is 4.52 Å². The van der Waals surface area contributed by atoms with E-state index >= 15 is 0 Å². The number of aryl methyl sites for hydroxylation is 1. The minimum atomic E-state index is -0.183. The molecular weight excluding hydrogens is 266 g/mol. The number of hydrogen-bond donors (Lipinski definition) is 1. The van der Waals surface area contributed by atoms with Crippen LogP contribution in [-0.2, 0) is 6.42 Å². The number of para-hydroxylation sites is 1. The lowest BCUT2D eigenvalue weighted by Crippen LogP contribution is -2.26. The van der Waals surface area contributed by atoms with Crippen LogP contribution in [-0.4, -0.2) is 22.6 Å². The molecular formula is C16H15N3O2. The van der Waals surface area contributed by atoms with Crippen molar-refractivity contribution >= 4 is 16.8 Å². The molecule has 0 fully saturated rings. The van der Waals surface area contributed by atoms with E-state index < -0.39 is 0 Å². The third kappa shape index (κ3) is 3.08. The summed E-state index contributed by atoms with van der Waals surface area (Å²) in [6.45, 7) is 2.35. The maximum Gasteiger partial charge on any atom is 0.269 e. The Morgan fingerprint density at radius 1 is 1.24 bits per heavy atom. The van der Waals surface area contributed by atoms with Gasteiger partial charge in [0.2, 0.25) is 0 Å². The fourth-order valence-corrected chi connectivity index (χ4v) is 2.12. The second kappa shape index (κ2) is 5.75. The van der Waals surface area contributed by atoms with Gasteiger partial charge in [-0.05, 0) is 19.1 Å². The summed E-state index contributed by atoms with van der Waals surface area (Å²) in [6.07, 6.45) is 0.611. The normalized spacial score (nSPS) is 10.7. The highest BCUT2D eigenvalue weighted by atomic mass is 16.5. The van der Waals surface area contributed by atoms with Gasteiger partial charge in [-0.2, -0.15) is 0 Å². The van der Waals surface area contributed by atoms with Crippen LogP contribution in [0.15, 0.2) is 47.0 Å². The van der Waals surface area contributed by atoms with Crippen LogP contribution >= 0.6 is 0 Å². The molecule has 3 aromatic rings. The molecule has 2 aromatic heterocycles. The summed E-state index contributed by atoms with van der Waals surface area (Å²) in [7, 11) is 0. The number of carbonyl (C=O) groups is 1. The minimum Gasteiger partial charge on any atom is -0.361 e. The van der Waals surface area contributed by atoms with E-state index in [1.54, 1.807) is 6.07 Å². The molecule has 0 aliphatic heterocycles. The molecule has 5 nitrogen and oxygen atoms in total. The molecule has 0 aliphatic carbocycles. The Morgan fingerprint density at radius 2 is 2.10 bits per heavy atom. The average Bonchev–Trinajstić information content (AvgIpc) is 2.92. The molecule has 1 N–H and O–H groups in total. The van der Waals surface area contributed by atoms with Gasteiger partial charge in [-0.15, -0.1) is 0 Å². The molecule has 5 heteroatoms. The van der Waals surface area contributed by atoms with Crippen molar-refractivity contribution in [2.75, 3.05) is 6.54 Å². The lowest BCUT2D eigenvalue weighted by atomic mass is 10.2. The molecule has 106 valence electrons. The summed E-state index contributed by atoms with van der Waals surface area (Å²) in [6, 6.07) is 13.2. The number of amides is 1. The molecule has 0 radical (unpaired) electrons. The number of pyridine rings is 1. The van der Waals surface area contributed by atoms with Gasteiger partial charge in [0.15, 0.2) is 0 Å². The third-order valence-electron chi connectivity index (χ3n) is 3.16. The van der Waals surface area contributed by atoms with E-state index in [1.807, 2.05) is 43.3 Å². The van der Waals surface area contributed by atoms with Crippen LogP contribution < -0.4 is 5.32 Å². The minimum absolute atomic E-state index is 0.183. The molecule has 1 aromatic carbocycles. The molecule has 3 rings (SSSR count). The summed E-state index contributed by atoms with van der Waals surface area (Å²) in [5, 5.41) is 7.66. The average molecular weight is 281 g/mol. The van der Waals surface area contributed by atoms with Crippen molar-refractivity contribution in [2.45, 2.75) is 13.3 Å². The van der Waals surface area contributed by atoms with Crippen molar-refractivity contribution in [3.8, 4) is 0 Å². The van der Waals surface area contributed by atoms with E-state index in [0.717, 1.165) is 22.4 Å². The number of benzene rings is 1. The van der Waals surface area contributed by atoms with Crippen molar-refractivity contribution in [3.63, 3.8) is 0 Å². The van der Waals surface area contributed by atoms with Gasteiger partial charge in [0.05, 0.1) is 11.2 Å². The molecule has 0 saturated heterocycles. The predicted octanol–water partition coefficient (Wildman–Crippen LogP) is 2.50. The number of aromatic nitrogens is 2. The Bertz CT molecular complexity index is 780. The van der Waals surface area contributed by atoms with Gasteiger partial charge in [0.25, 0.3) is 5.91 Å². The summed E-state index contributed by atoms with van der Waals surface area (Å²) in [5.41, 5.74) is 2.07. The number of fused-ring (bicyclic) bond motifs is 1. The van der Waals surface area contributed by atoms with Crippen molar-refractivity contribution in [1.29, 1.82) is 0 Å². The number of rotatable bonds is 4. The number of nitrogens with one attached hydrogen (secondary N) is 1. The van der Waals surface area contributed by atoms with Crippen LogP contribution in [0.4, 0.5) is 0 Å². The van der Waals surface area contributed by atoms with Crippen LogP contribution in [0.2, 0.25) is 0 Å². The third-order valence-corrected chi connectivity index (χ3v) is 3.16. The molecule has 0 spiro atoms. The topological polar surface area (TPSA) is 68.0 Å². The second-order valence-electron chi connectivity index (χ2n) is 4.83. The molecule has 0 saturated carbocycles. The lowest BCUT2D eigenvalue weighted by Gasteiger charge is -2.04. The van der Waals surface area contributed by atoms with Crippen molar-refractivity contribution in [1.82, 2.24) is 15.5 Å². The number of carbonyl (C=O) groups excluding carboxylic acids is 1. The lowest BCUT2D eigenvalue weighted by molar-refractivity contribution is 0.0949. The smallest absolute Gasteiger partial charge is 0.269 e. The molecule has 1 amide bonds. The van der Waals surface area contributed by atoms with Crippen LogP contribution in [0.1, 0.15) is 21.9 Å². The highest BCUT2D eigenvalue weighted by molar-refractivity contribution is 5.94. The quantitative estimate of drug-likeness (QED) is 0.797. The molecule has 0 atom stereocenters.